The van der Waals surface area contributed by atoms with Crippen LogP contribution in [0.4, 0.5) is 0 Å². The number of hydrogen-bond donors (Lipinski definition) is 0. The standard InChI is InChI=1S/C20H28N2O3/c1-24-19-5-3-2-4-18(19)20(23)21-13-17(14-21)22(12-15-6-7-15)16-8-10-25-11-9-16/h2-5,15-17H,6-14H2,1H3. The Labute approximate surface area is 149 Å². The Kier molecular flexibility index (Phi) is 4.95. The van der Waals surface area contributed by atoms with E-state index in [-0.39, 0.29) is 5.91 Å². The van der Waals surface area contributed by atoms with Gasteiger partial charge in [0.05, 0.1) is 12.7 Å². The van der Waals surface area contributed by atoms with Crippen molar-refractivity contribution >= 4 is 5.91 Å². The fraction of sp³-hybridized carbons (Fsp3) is 0.650. The van der Waals surface area contributed by atoms with Crippen molar-refractivity contribution in [2.45, 2.75) is 37.8 Å². The molecule has 2 saturated heterocycles. The predicted molar refractivity (Wildman–Crippen MR) is 96.0 cm³/mol. The number of rotatable bonds is 6. The lowest BCUT2D eigenvalue weighted by molar-refractivity contribution is -0.0267. The summed E-state index contributed by atoms with van der Waals surface area (Å²) in [5, 5.41) is 0. The van der Waals surface area contributed by atoms with Gasteiger partial charge in [0, 0.05) is 44.9 Å². The zero-order chi connectivity index (χ0) is 17.2. The molecule has 0 unspecified atom stereocenters. The molecular weight excluding hydrogens is 316 g/mol. The van der Waals surface area contributed by atoms with Crippen molar-refractivity contribution in [2.75, 3.05) is 40.0 Å². The maximum absolute atomic E-state index is 12.8. The normalized spacial score (nSPS) is 22.1. The number of methoxy groups -OCH3 is 1. The van der Waals surface area contributed by atoms with Gasteiger partial charge < -0.3 is 14.4 Å². The smallest absolute Gasteiger partial charge is 0.257 e. The molecule has 0 spiro atoms. The van der Waals surface area contributed by atoms with Crippen molar-refractivity contribution in [2.24, 2.45) is 5.92 Å². The highest BCUT2D eigenvalue weighted by molar-refractivity contribution is 5.97. The van der Waals surface area contributed by atoms with E-state index in [2.05, 4.69) is 4.90 Å². The Hall–Kier alpha value is -1.59. The number of carbonyl (C=O) groups is 1. The topological polar surface area (TPSA) is 42.0 Å². The molecule has 1 aromatic rings. The third kappa shape index (κ3) is 3.67. The summed E-state index contributed by atoms with van der Waals surface area (Å²) in [6.07, 6.45) is 5.00. The lowest BCUT2D eigenvalue weighted by Crippen LogP contribution is -2.64. The van der Waals surface area contributed by atoms with Gasteiger partial charge in [0.25, 0.3) is 5.91 Å². The highest BCUT2D eigenvalue weighted by atomic mass is 16.5. The third-order valence-electron chi connectivity index (χ3n) is 5.78. The molecule has 5 nitrogen and oxygen atoms in total. The van der Waals surface area contributed by atoms with Crippen LogP contribution in [0.5, 0.6) is 5.75 Å². The summed E-state index contributed by atoms with van der Waals surface area (Å²) in [7, 11) is 1.62. The molecule has 0 N–H and O–H groups in total. The molecule has 1 aliphatic carbocycles. The third-order valence-corrected chi connectivity index (χ3v) is 5.78. The van der Waals surface area contributed by atoms with Gasteiger partial charge in [0.2, 0.25) is 0 Å². The number of para-hydroxylation sites is 1. The SMILES string of the molecule is COc1ccccc1C(=O)N1CC(N(CC2CC2)C2CCOCC2)C1. The van der Waals surface area contributed by atoms with Crippen LogP contribution >= 0.6 is 0 Å². The van der Waals surface area contributed by atoms with E-state index in [1.54, 1.807) is 7.11 Å². The van der Waals surface area contributed by atoms with Crippen LogP contribution in [-0.2, 0) is 4.74 Å². The Morgan fingerprint density at radius 2 is 1.88 bits per heavy atom. The average molecular weight is 344 g/mol. The molecule has 4 rings (SSSR count). The fourth-order valence-corrected chi connectivity index (χ4v) is 4.03. The molecule has 1 amide bonds. The van der Waals surface area contributed by atoms with Gasteiger partial charge in [-0.25, -0.2) is 0 Å². The second-order valence-electron chi connectivity index (χ2n) is 7.55. The Morgan fingerprint density at radius 3 is 2.56 bits per heavy atom. The summed E-state index contributed by atoms with van der Waals surface area (Å²) in [6, 6.07) is 8.64. The van der Waals surface area contributed by atoms with Gasteiger partial charge in [-0.3, -0.25) is 9.69 Å². The summed E-state index contributed by atoms with van der Waals surface area (Å²) in [6.45, 7) is 4.62. The lowest BCUT2D eigenvalue weighted by atomic mass is 9.98. The Morgan fingerprint density at radius 1 is 1.16 bits per heavy atom. The van der Waals surface area contributed by atoms with Gasteiger partial charge in [-0.15, -0.1) is 0 Å². The van der Waals surface area contributed by atoms with Gasteiger partial charge in [0.1, 0.15) is 5.75 Å². The molecule has 2 heterocycles. The Balaban J connectivity index is 1.39. The van der Waals surface area contributed by atoms with E-state index in [1.807, 2.05) is 29.2 Å². The van der Waals surface area contributed by atoms with Crippen LogP contribution in [0.2, 0.25) is 0 Å². The van der Waals surface area contributed by atoms with Crippen LogP contribution in [-0.4, -0.2) is 67.7 Å². The Bertz CT molecular complexity index is 605. The summed E-state index contributed by atoms with van der Waals surface area (Å²) >= 11 is 0. The quantitative estimate of drug-likeness (QED) is 0.795. The van der Waals surface area contributed by atoms with Gasteiger partial charge >= 0.3 is 0 Å². The van der Waals surface area contributed by atoms with E-state index in [0.29, 0.717) is 23.4 Å². The first kappa shape index (κ1) is 16.9. The van der Waals surface area contributed by atoms with E-state index in [0.717, 1.165) is 45.1 Å². The molecule has 3 fully saturated rings. The van der Waals surface area contributed by atoms with Crippen LogP contribution in [0.1, 0.15) is 36.0 Å². The number of amides is 1. The summed E-state index contributed by atoms with van der Waals surface area (Å²) in [4.78, 5) is 17.4. The minimum Gasteiger partial charge on any atom is -0.496 e. The molecule has 1 aromatic carbocycles. The molecule has 0 atom stereocenters. The van der Waals surface area contributed by atoms with E-state index >= 15 is 0 Å². The lowest BCUT2D eigenvalue weighted by Gasteiger charge is -2.49. The van der Waals surface area contributed by atoms with Crippen LogP contribution in [0.15, 0.2) is 24.3 Å². The van der Waals surface area contributed by atoms with E-state index in [9.17, 15) is 4.79 Å². The van der Waals surface area contributed by atoms with E-state index in [4.69, 9.17) is 9.47 Å². The molecule has 0 aromatic heterocycles. The minimum absolute atomic E-state index is 0.0899. The first-order valence-electron chi connectivity index (χ1n) is 9.52. The maximum atomic E-state index is 12.8. The van der Waals surface area contributed by atoms with Gasteiger partial charge in [0.15, 0.2) is 0 Å². The molecule has 2 aliphatic heterocycles. The summed E-state index contributed by atoms with van der Waals surface area (Å²) in [5.41, 5.74) is 0.670. The number of carbonyl (C=O) groups excluding carboxylic acids is 1. The van der Waals surface area contributed by atoms with Crippen molar-refractivity contribution in [3.63, 3.8) is 0 Å². The number of hydrogen-bond acceptors (Lipinski definition) is 4. The highest BCUT2D eigenvalue weighted by Crippen LogP contribution is 2.34. The average Bonchev–Trinajstić information content (AvgIpc) is 3.44. The molecule has 1 saturated carbocycles. The zero-order valence-corrected chi connectivity index (χ0v) is 15.0. The number of benzene rings is 1. The largest absolute Gasteiger partial charge is 0.496 e. The predicted octanol–water partition coefficient (Wildman–Crippen LogP) is 2.41. The van der Waals surface area contributed by atoms with Gasteiger partial charge in [-0.05, 0) is 43.7 Å². The number of likely N-dealkylation sites (tertiary alicyclic amines) is 1. The van der Waals surface area contributed by atoms with E-state index in [1.165, 1.54) is 19.4 Å². The fourth-order valence-electron chi connectivity index (χ4n) is 4.03. The molecule has 5 heteroatoms. The molecule has 3 aliphatic rings. The molecule has 25 heavy (non-hydrogen) atoms. The number of nitrogens with zero attached hydrogens (tertiary/aromatic N) is 2. The van der Waals surface area contributed by atoms with Crippen molar-refractivity contribution in [1.82, 2.24) is 9.80 Å². The van der Waals surface area contributed by atoms with Crippen molar-refractivity contribution in [3.8, 4) is 5.75 Å². The van der Waals surface area contributed by atoms with Crippen LogP contribution in [0.25, 0.3) is 0 Å². The van der Waals surface area contributed by atoms with Crippen molar-refractivity contribution in [1.29, 1.82) is 0 Å². The van der Waals surface area contributed by atoms with Crippen molar-refractivity contribution in [3.05, 3.63) is 29.8 Å². The van der Waals surface area contributed by atoms with E-state index < -0.39 is 0 Å². The van der Waals surface area contributed by atoms with Crippen LogP contribution in [0.3, 0.4) is 0 Å². The number of ether oxygens (including phenoxy) is 2. The molecule has 0 radical (unpaired) electrons. The summed E-state index contributed by atoms with van der Waals surface area (Å²) in [5.74, 6) is 1.63. The van der Waals surface area contributed by atoms with Crippen molar-refractivity contribution < 1.29 is 14.3 Å². The van der Waals surface area contributed by atoms with Gasteiger partial charge in [-0.1, -0.05) is 12.1 Å². The molecule has 0 bridgehead atoms. The minimum atomic E-state index is 0.0899. The summed E-state index contributed by atoms with van der Waals surface area (Å²) < 4.78 is 10.9. The first-order chi connectivity index (χ1) is 12.3. The van der Waals surface area contributed by atoms with Crippen LogP contribution < -0.4 is 4.74 Å². The zero-order valence-electron chi connectivity index (χ0n) is 15.0. The second-order valence-corrected chi connectivity index (χ2v) is 7.55. The molecule has 136 valence electrons. The van der Waals surface area contributed by atoms with Gasteiger partial charge in [-0.2, -0.15) is 0 Å². The monoisotopic (exact) mass is 344 g/mol. The second kappa shape index (κ2) is 7.34. The van der Waals surface area contributed by atoms with Crippen LogP contribution in [0, 0.1) is 5.92 Å². The first-order valence-corrected chi connectivity index (χ1v) is 9.52. The highest BCUT2D eigenvalue weighted by Gasteiger charge is 2.40. The molecular formula is C20H28N2O3. The maximum Gasteiger partial charge on any atom is 0.257 e.